The van der Waals surface area contributed by atoms with E-state index in [-0.39, 0.29) is 35.6 Å². The molecule has 2 aromatic rings. The molecule has 3 fully saturated rings. The van der Waals surface area contributed by atoms with Gasteiger partial charge in [0.25, 0.3) is 5.91 Å². The first kappa shape index (κ1) is 21.7. The molecule has 0 unspecified atom stereocenters. The zero-order valence-electron chi connectivity index (χ0n) is 19.0. The zero-order chi connectivity index (χ0) is 22.9. The number of piperidine rings is 3. The monoisotopic (exact) mass is 449 g/mol. The number of aryl methyl sites for hydroxylation is 1. The van der Waals surface area contributed by atoms with Crippen LogP contribution in [-0.2, 0) is 16.1 Å². The van der Waals surface area contributed by atoms with E-state index in [1.54, 1.807) is 6.20 Å². The van der Waals surface area contributed by atoms with Crippen LogP contribution in [0.4, 0.5) is 0 Å². The van der Waals surface area contributed by atoms with Gasteiger partial charge in [0, 0.05) is 55.5 Å². The molecule has 3 saturated heterocycles. The summed E-state index contributed by atoms with van der Waals surface area (Å²) in [4.78, 5) is 43.4. The second kappa shape index (κ2) is 9.00. The maximum atomic E-state index is 13.4. The molecule has 1 aromatic carbocycles. The number of carbonyl (C=O) groups is 3. The number of rotatable bonds is 5. The number of carbonyl (C=O) groups excluding carboxylic acids is 3. The Balaban J connectivity index is 1.34. The summed E-state index contributed by atoms with van der Waals surface area (Å²) < 4.78 is 1.85. The fraction of sp³-hybridized carbons (Fsp3) is 0.520. The van der Waals surface area contributed by atoms with Crippen molar-refractivity contribution in [2.75, 3.05) is 19.6 Å². The molecule has 33 heavy (non-hydrogen) atoms. The van der Waals surface area contributed by atoms with Gasteiger partial charge in [0.2, 0.25) is 11.8 Å². The highest BCUT2D eigenvalue weighted by Gasteiger charge is 2.52. The summed E-state index contributed by atoms with van der Waals surface area (Å²) in [5.74, 6) is 0.135. The molecular weight excluding hydrogens is 418 g/mol. The number of benzene rings is 1. The second-order valence-electron chi connectivity index (χ2n) is 9.52. The summed E-state index contributed by atoms with van der Waals surface area (Å²) in [5, 5.41) is 7.32. The largest absolute Gasteiger partial charge is 0.352 e. The lowest BCUT2D eigenvalue weighted by Crippen LogP contribution is -2.68. The molecule has 0 spiro atoms. The van der Waals surface area contributed by atoms with E-state index in [9.17, 15) is 14.4 Å². The fourth-order valence-corrected chi connectivity index (χ4v) is 5.95. The average Bonchev–Trinajstić information content (AvgIpc) is 3.24. The van der Waals surface area contributed by atoms with Crippen LogP contribution in [0.3, 0.4) is 0 Å². The molecule has 8 nitrogen and oxygen atoms in total. The molecule has 3 aliphatic rings. The average molecular weight is 450 g/mol. The van der Waals surface area contributed by atoms with Gasteiger partial charge in [-0.3, -0.25) is 19.1 Å². The highest BCUT2D eigenvalue weighted by atomic mass is 16.2. The minimum atomic E-state index is -0.524. The van der Waals surface area contributed by atoms with E-state index in [1.165, 1.54) is 0 Å². The number of nitrogens with one attached hydrogen (secondary N) is 1. The lowest BCUT2D eigenvalue weighted by molar-refractivity contribution is -0.159. The minimum Gasteiger partial charge on any atom is -0.352 e. The Kier molecular flexibility index (Phi) is 5.91. The number of fused-ring (bicyclic) bond motifs is 4. The number of hydrogen-bond donors (Lipinski definition) is 1. The van der Waals surface area contributed by atoms with Crippen LogP contribution < -0.4 is 5.32 Å². The molecule has 1 aromatic heterocycles. The predicted octanol–water partition coefficient (Wildman–Crippen LogP) is 1.85. The molecule has 1 N–H and O–H groups in total. The summed E-state index contributed by atoms with van der Waals surface area (Å²) >= 11 is 0. The second-order valence-corrected chi connectivity index (χ2v) is 9.52. The van der Waals surface area contributed by atoms with Crippen molar-refractivity contribution in [2.24, 2.45) is 11.8 Å². The first-order valence-electron chi connectivity index (χ1n) is 11.9. The van der Waals surface area contributed by atoms with E-state index in [0.29, 0.717) is 38.2 Å². The van der Waals surface area contributed by atoms with Crippen molar-refractivity contribution < 1.29 is 14.4 Å². The lowest BCUT2D eigenvalue weighted by atomic mass is 9.71. The first-order chi connectivity index (χ1) is 16.0. The molecule has 3 aliphatic heterocycles. The van der Waals surface area contributed by atoms with E-state index in [4.69, 9.17) is 0 Å². The third kappa shape index (κ3) is 4.14. The van der Waals surface area contributed by atoms with Gasteiger partial charge in [-0.25, -0.2) is 0 Å². The standard InChI is InChI=1S/C25H31N5O3/c1-17-10-11-27-29(17)13-12-26-24(32)23-20-14-19(21-8-5-9-22(31)30(21)23)15-28(16-20)25(33)18-6-3-2-4-7-18/h2-4,6-7,10-11,19-21,23H,5,8-9,12-16H2,1H3,(H,26,32)/t19-,20+,21+,23-/m1/s1. The van der Waals surface area contributed by atoms with E-state index in [2.05, 4.69) is 10.4 Å². The van der Waals surface area contributed by atoms with Crippen molar-refractivity contribution in [3.8, 4) is 0 Å². The van der Waals surface area contributed by atoms with Crippen LogP contribution in [0, 0.1) is 18.8 Å². The SMILES string of the molecule is Cc1ccnn1CCNC(=O)[C@H]1[C@H]2C[C@H](CN(C(=O)c3ccccc3)C2)[C@@H]2CCCC(=O)N21. The van der Waals surface area contributed by atoms with Crippen molar-refractivity contribution in [2.45, 2.75) is 51.2 Å². The molecule has 3 amide bonds. The molecule has 4 atom stereocenters. The van der Waals surface area contributed by atoms with Crippen molar-refractivity contribution >= 4 is 17.7 Å². The van der Waals surface area contributed by atoms with Crippen LogP contribution in [0.2, 0.25) is 0 Å². The molecule has 0 aliphatic carbocycles. The van der Waals surface area contributed by atoms with Gasteiger partial charge in [0.15, 0.2) is 0 Å². The minimum absolute atomic E-state index is 0.00852. The van der Waals surface area contributed by atoms with Crippen molar-refractivity contribution in [1.29, 1.82) is 0 Å². The fourth-order valence-electron chi connectivity index (χ4n) is 5.95. The third-order valence-corrected chi connectivity index (χ3v) is 7.47. The first-order valence-corrected chi connectivity index (χ1v) is 11.9. The number of aromatic nitrogens is 2. The van der Waals surface area contributed by atoms with Crippen LogP contribution in [0.25, 0.3) is 0 Å². The zero-order valence-corrected chi connectivity index (χ0v) is 19.0. The van der Waals surface area contributed by atoms with Gasteiger partial charge in [0.05, 0.1) is 6.54 Å². The van der Waals surface area contributed by atoms with Crippen LogP contribution in [-0.4, -0.2) is 69.0 Å². The van der Waals surface area contributed by atoms with E-state index in [0.717, 1.165) is 25.0 Å². The van der Waals surface area contributed by atoms with Gasteiger partial charge in [-0.2, -0.15) is 5.10 Å². The predicted molar refractivity (Wildman–Crippen MR) is 122 cm³/mol. The van der Waals surface area contributed by atoms with Gasteiger partial charge in [-0.1, -0.05) is 18.2 Å². The maximum absolute atomic E-state index is 13.4. The van der Waals surface area contributed by atoms with E-state index in [1.807, 2.05) is 57.8 Å². The molecule has 0 saturated carbocycles. The highest BCUT2D eigenvalue weighted by Crippen LogP contribution is 2.42. The van der Waals surface area contributed by atoms with Crippen molar-refractivity contribution in [3.63, 3.8) is 0 Å². The van der Waals surface area contributed by atoms with Gasteiger partial charge in [-0.05, 0) is 50.3 Å². The summed E-state index contributed by atoms with van der Waals surface area (Å²) in [5.41, 5.74) is 1.71. The topological polar surface area (TPSA) is 87.5 Å². The summed E-state index contributed by atoms with van der Waals surface area (Å²) in [6, 6.07) is 10.8. The Labute approximate surface area is 193 Å². The van der Waals surface area contributed by atoms with Gasteiger partial charge in [-0.15, -0.1) is 0 Å². The van der Waals surface area contributed by atoms with Crippen LogP contribution in [0.5, 0.6) is 0 Å². The van der Waals surface area contributed by atoms with Gasteiger partial charge in [0.1, 0.15) is 6.04 Å². The number of hydrogen-bond acceptors (Lipinski definition) is 4. The normalized spacial score (nSPS) is 26.6. The number of likely N-dealkylation sites (tertiary alicyclic amines) is 1. The highest BCUT2D eigenvalue weighted by molar-refractivity contribution is 5.94. The number of nitrogens with zero attached hydrogens (tertiary/aromatic N) is 4. The Hall–Kier alpha value is -3.16. The molecular formula is C25H31N5O3. The van der Waals surface area contributed by atoms with Crippen LogP contribution >= 0.6 is 0 Å². The van der Waals surface area contributed by atoms with E-state index < -0.39 is 6.04 Å². The Morgan fingerprint density at radius 2 is 1.91 bits per heavy atom. The summed E-state index contributed by atoms with van der Waals surface area (Å²) in [6.07, 6.45) is 4.87. The number of amides is 3. The molecule has 2 bridgehead atoms. The van der Waals surface area contributed by atoms with E-state index >= 15 is 0 Å². The third-order valence-electron chi connectivity index (χ3n) is 7.47. The molecule has 5 rings (SSSR count). The Morgan fingerprint density at radius 1 is 1.12 bits per heavy atom. The van der Waals surface area contributed by atoms with Crippen LogP contribution in [0.1, 0.15) is 41.7 Å². The van der Waals surface area contributed by atoms with Crippen molar-refractivity contribution in [3.05, 3.63) is 53.9 Å². The maximum Gasteiger partial charge on any atom is 0.253 e. The quantitative estimate of drug-likeness (QED) is 0.755. The molecule has 0 radical (unpaired) electrons. The van der Waals surface area contributed by atoms with Gasteiger partial charge < -0.3 is 15.1 Å². The Morgan fingerprint density at radius 3 is 2.67 bits per heavy atom. The van der Waals surface area contributed by atoms with Crippen molar-refractivity contribution in [1.82, 2.24) is 24.9 Å². The molecule has 8 heteroatoms. The smallest absolute Gasteiger partial charge is 0.253 e. The van der Waals surface area contributed by atoms with Crippen LogP contribution in [0.15, 0.2) is 42.6 Å². The molecule has 4 heterocycles. The summed E-state index contributed by atoms with van der Waals surface area (Å²) in [6.45, 7) is 4.16. The van der Waals surface area contributed by atoms with Gasteiger partial charge >= 0.3 is 0 Å². The Bertz CT molecular complexity index is 1040. The summed E-state index contributed by atoms with van der Waals surface area (Å²) in [7, 11) is 0. The lowest BCUT2D eigenvalue weighted by Gasteiger charge is -2.55. The molecule has 174 valence electrons.